The molecule has 2 aromatic heterocycles. The SMILES string of the molecule is Cc1ccnc(O[C@@H]2CCOC3(C2)CN(C(=O)Cc2ccsc2)C3)n1. The van der Waals surface area contributed by atoms with Gasteiger partial charge >= 0.3 is 6.01 Å². The van der Waals surface area contributed by atoms with Gasteiger partial charge in [-0.25, -0.2) is 9.97 Å². The van der Waals surface area contributed by atoms with Crippen molar-refractivity contribution in [2.24, 2.45) is 0 Å². The lowest BCUT2D eigenvalue weighted by Crippen LogP contribution is -2.67. The van der Waals surface area contributed by atoms with Crippen molar-refractivity contribution in [3.8, 4) is 6.01 Å². The molecule has 1 amide bonds. The summed E-state index contributed by atoms with van der Waals surface area (Å²) in [4.78, 5) is 22.7. The van der Waals surface area contributed by atoms with E-state index in [2.05, 4.69) is 9.97 Å². The van der Waals surface area contributed by atoms with E-state index in [-0.39, 0.29) is 17.6 Å². The number of likely N-dealkylation sites (tertiary alicyclic amines) is 1. The van der Waals surface area contributed by atoms with E-state index in [1.54, 1.807) is 17.5 Å². The molecule has 0 aliphatic carbocycles. The predicted octanol–water partition coefficient (Wildman–Crippen LogP) is 2.23. The zero-order chi connectivity index (χ0) is 17.3. The summed E-state index contributed by atoms with van der Waals surface area (Å²) in [5.74, 6) is 0.165. The maximum atomic E-state index is 12.4. The highest BCUT2D eigenvalue weighted by molar-refractivity contribution is 7.08. The molecule has 0 N–H and O–H groups in total. The number of hydrogen-bond acceptors (Lipinski definition) is 6. The van der Waals surface area contributed by atoms with Gasteiger partial charge in [0, 0.05) is 24.7 Å². The normalized spacial score (nSPS) is 21.8. The summed E-state index contributed by atoms with van der Waals surface area (Å²) in [6, 6.07) is 4.27. The molecule has 1 atom stereocenters. The molecule has 2 aromatic rings. The first-order chi connectivity index (χ1) is 12.1. The summed E-state index contributed by atoms with van der Waals surface area (Å²) in [5.41, 5.74) is 1.70. The summed E-state index contributed by atoms with van der Waals surface area (Å²) in [6.07, 6.45) is 3.80. The average Bonchev–Trinajstić information content (AvgIpc) is 3.05. The van der Waals surface area contributed by atoms with Gasteiger partial charge in [-0.15, -0.1) is 0 Å². The number of thiophene rings is 1. The lowest BCUT2D eigenvalue weighted by molar-refractivity contribution is -0.193. The van der Waals surface area contributed by atoms with E-state index in [0.717, 1.165) is 24.1 Å². The first-order valence-electron chi connectivity index (χ1n) is 8.51. The molecule has 6 nitrogen and oxygen atoms in total. The van der Waals surface area contributed by atoms with Crippen molar-refractivity contribution >= 4 is 17.2 Å². The molecule has 132 valence electrons. The molecule has 0 aromatic carbocycles. The third-order valence-electron chi connectivity index (χ3n) is 4.74. The Bertz CT molecular complexity index is 744. The topological polar surface area (TPSA) is 64.6 Å². The van der Waals surface area contributed by atoms with Gasteiger partial charge in [0.05, 0.1) is 26.1 Å². The Kier molecular flexibility index (Phi) is 4.43. The van der Waals surface area contributed by atoms with Gasteiger partial charge < -0.3 is 14.4 Å². The monoisotopic (exact) mass is 359 g/mol. The fourth-order valence-electron chi connectivity index (χ4n) is 3.44. The van der Waals surface area contributed by atoms with E-state index < -0.39 is 0 Å². The van der Waals surface area contributed by atoms with Gasteiger partial charge in [0.2, 0.25) is 5.91 Å². The van der Waals surface area contributed by atoms with Gasteiger partial charge in [-0.3, -0.25) is 4.79 Å². The van der Waals surface area contributed by atoms with Gasteiger partial charge in [-0.05, 0) is 35.4 Å². The zero-order valence-corrected chi connectivity index (χ0v) is 15.0. The Labute approximate surface area is 150 Å². The highest BCUT2D eigenvalue weighted by atomic mass is 32.1. The summed E-state index contributed by atoms with van der Waals surface area (Å²) >= 11 is 1.62. The molecule has 0 saturated carbocycles. The van der Waals surface area contributed by atoms with Crippen LogP contribution in [0.25, 0.3) is 0 Å². The second kappa shape index (κ2) is 6.72. The van der Waals surface area contributed by atoms with Crippen molar-refractivity contribution < 1.29 is 14.3 Å². The number of nitrogens with zero attached hydrogens (tertiary/aromatic N) is 3. The lowest BCUT2D eigenvalue weighted by atomic mass is 9.84. The van der Waals surface area contributed by atoms with Crippen molar-refractivity contribution in [1.82, 2.24) is 14.9 Å². The number of aromatic nitrogens is 2. The summed E-state index contributed by atoms with van der Waals surface area (Å²) in [7, 11) is 0. The Morgan fingerprint density at radius 2 is 2.36 bits per heavy atom. The number of carbonyl (C=O) groups is 1. The van der Waals surface area contributed by atoms with Crippen molar-refractivity contribution in [1.29, 1.82) is 0 Å². The fraction of sp³-hybridized carbons (Fsp3) is 0.500. The van der Waals surface area contributed by atoms with Crippen LogP contribution in [0.2, 0.25) is 0 Å². The molecule has 2 aliphatic rings. The molecule has 0 bridgehead atoms. The first-order valence-corrected chi connectivity index (χ1v) is 9.45. The van der Waals surface area contributed by atoms with E-state index >= 15 is 0 Å². The third-order valence-corrected chi connectivity index (χ3v) is 5.47. The second-order valence-electron chi connectivity index (χ2n) is 6.80. The number of hydrogen-bond donors (Lipinski definition) is 0. The van der Waals surface area contributed by atoms with Crippen LogP contribution in [0.3, 0.4) is 0 Å². The van der Waals surface area contributed by atoms with Gasteiger partial charge in [0.15, 0.2) is 0 Å². The molecular weight excluding hydrogens is 338 g/mol. The van der Waals surface area contributed by atoms with E-state index in [0.29, 0.717) is 32.1 Å². The predicted molar refractivity (Wildman–Crippen MR) is 93.7 cm³/mol. The third kappa shape index (κ3) is 3.67. The van der Waals surface area contributed by atoms with Crippen LogP contribution in [0.4, 0.5) is 0 Å². The van der Waals surface area contributed by atoms with E-state index in [1.165, 1.54) is 0 Å². The summed E-state index contributed by atoms with van der Waals surface area (Å²) in [5, 5.41) is 4.02. The molecule has 1 spiro atoms. The quantitative estimate of drug-likeness (QED) is 0.838. The van der Waals surface area contributed by atoms with Crippen LogP contribution in [-0.2, 0) is 16.0 Å². The van der Waals surface area contributed by atoms with E-state index in [4.69, 9.17) is 9.47 Å². The van der Waals surface area contributed by atoms with Crippen LogP contribution < -0.4 is 4.74 Å². The molecule has 0 radical (unpaired) electrons. The van der Waals surface area contributed by atoms with Crippen LogP contribution in [0.1, 0.15) is 24.1 Å². The van der Waals surface area contributed by atoms with Gasteiger partial charge in [-0.1, -0.05) is 0 Å². The molecule has 0 unspecified atom stereocenters. The minimum atomic E-state index is -0.267. The number of amides is 1. The minimum Gasteiger partial charge on any atom is -0.460 e. The van der Waals surface area contributed by atoms with Gasteiger partial charge in [-0.2, -0.15) is 11.3 Å². The lowest BCUT2D eigenvalue weighted by Gasteiger charge is -2.52. The smallest absolute Gasteiger partial charge is 0.316 e. The number of aryl methyl sites for hydroxylation is 1. The molecule has 2 fully saturated rings. The molecule has 25 heavy (non-hydrogen) atoms. The molecule has 2 aliphatic heterocycles. The molecule has 4 rings (SSSR count). The van der Waals surface area contributed by atoms with Crippen molar-refractivity contribution in [3.05, 3.63) is 40.3 Å². The summed E-state index contributed by atoms with van der Waals surface area (Å²) in [6.45, 7) is 3.85. The Morgan fingerprint density at radius 3 is 3.12 bits per heavy atom. The van der Waals surface area contributed by atoms with E-state index in [1.807, 2.05) is 34.7 Å². The molecular formula is C18H21N3O3S. The number of ether oxygens (including phenoxy) is 2. The first kappa shape index (κ1) is 16.5. The van der Waals surface area contributed by atoms with Gasteiger partial charge in [0.1, 0.15) is 11.7 Å². The second-order valence-corrected chi connectivity index (χ2v) is 7.58. The Hall–Kier alpha value is -1.99. The van der Waals surface area contributed by atoms with Crippen molar-refractivity contribution in [2.75, 3.05) is 19.7 Å². The maximum absolute atomic E-state index is 12.4. The van der Waals surface area contributed by atoms with Crippen LogP contribution in [0, 0.1) is 6.92 Å². The van der Waals surface area contributed by atoms with Crippen molar-refractivity contribution in [2.45, 2.75) is 37.9 Å². The molecule has 7 heteroatoms. The maximum Gasteiger partial charge on any atom is 0.316 e. The molecule has 4 heterocycles. The minimum absolute atomic E-state index is 0.0321. The van der Waals surface area contributed by atoms with Crippen molar-refractivity contribution in [3.63, 3.8) is 0 Å². The molecule has 2 saturated heterocycles. The highest BCUT2D eigenvalue weighted by Crippen LogP contribution is 2.35. The number of rotatable bonds is 4. The van der Waals surface area contributed by atoms with Gasteiger partial charge in [0.25, 0.3) is 0 Å². The standard InChI is InChI=1S/C18H21N3O3S/c1-13-2-5-19-17(20-13)24-15-3-6-23-18(9-15)11-21(12-18)16(22)8-14-4-7-25-10-14/h2,4-5,7,10,15H,3,6,8-9,11-12H2,1H3/t15-/m1/s1. The van der Waals surface area contributed by atoms with Crippen LogP contribution >= 0.6 is 11.3 Å². The Morgan fingerprint density at radius 1 is 1.48 bits per heavy atom. The highest BCUT2D eigenvalue weighted by Gasteiger charge is 2.49. The van der Waals surface area contributed by atoms with Crippen LogP contribution in [0.5, 0.6) is 6.01 Å². The van der Waals surface area contributed by atoms with Crippen LogP contribution in [-0.4, -0.2) is 52.2 Å². The summed E-state index contributed by atoms with van der Waals surface area (Å²) < 4.78 is 11.9. The largest absolute Gasteiger partial charge is 0.460 e. The number of carbonyl (C=O) groups excluding carboxylic acids is 1. The Balaban J connectivity index is 1.32. The fourth-order valence-corrected chi connectivity index (χ4v) is 4.11. The average molecular weight is 359 g/mol. The zero-order valence-electron chi connectivity index (χ0n) is 14.2. The van der Waals surface area contributed by atoms with E-state index in [9.17, 15) is 4.79 Å². The van der Waals surface area contributed by atoms with Crippen LogP contribution in [0.15, 0.2) is 29.1 Å².